The van der Waals surface area contributed by atoms with Crippen LogP contribution in [0.5, 0.6) is 0 Å². The fourth-order valence-corrected chi connectivity index (χ4v) is 3.78. The first-order chi connectivity index (χ1) is 18.1. The van der Waals surface area contributed by atoms with Crippen LogP contribution < -0.4 is 5.73 Å². The molecule has 2 heterocycles. The topological polar surface area (TPSA) is 142 Å². The molecule has 2 aromatic heterocycles. The highest BCUT2D eigenvalue weighted by atomic mass is 19.4. The molecular weight excluding hydrogens is 534 g/mol. The van der Waals surface area contributed by atoms with E-state index in [1.165, 1.54) is 11.1 Å². The van der Waals surface area contributed by atoms with E-state index in [1.807, 2.05) is 24.5 Å². The van der Waals surface area contributed by atoms with Gasteiger partial charge in [0.1, 0.15) is 5.82 Å². The normalized spacial score (nSPS) is 13.9. The van der Waals surface area contributed by atoms with Gasteiger partial charge in [-0.3, -0.25) is 4.98 Å². The average Bonchev–Trinajstić information content (AvgIpc) is 3.45. The second-order valence-electron chi connectivity index (χ2n) is 8.44. The molecule has 1 aliphatic carbocycles. The standard InChI is InChI=1S/C21H18N4.2C2HF3O2/c22-21(12-16-3-1-2-4-17(16)13-21)20-24-18-6-5-15(11-19(18)25-20)14-7-9-23-10-8-14;2*3-2(4,5)1(6)7/h1-11H,12-13,22H2,(H,24,25);2*(H,6,7). The number of nitrogens with two attached hydrogens (primary N) is 1. The highest BCUT2D eigenvalue weighted by Gasteiger charge is 2.39. The number of hydrogen-bond donors (Lipinski definition) is 4. The number of carboxylic acids is 2. The molecule has 0 unspecified atom stereocenters. The van der Waals surface area contributed by atoms with Gasteiger partial charge < -0.3 is 20.9 Å². The maximum absolute atomic E-state index is 10.6. The molecule has 0 amide bonds. The van der Waals surface area contributed by atoms with Gasteiger partial charge in [0, 0.05) is 12.4 Å². The van der Waals surface area contributed by atoms with Crippen LogP contribution in [0.15, 0.2) is 67.0 Å². The van der Waals surface area contributed by atoms with Crippen LogP contribution in [-0.2, 0) is 28.0 Å². The van der Waals surface area contributed by atoms with Crippen molar-refractivity contribution in [2.24, 2.45) is 5.73 Å². The minimum absolute atomic E-state index is 0.459. The number of rotatable bonds is 2. The Morgan fingerprint density at radius 1 is 0.821 bits per heavy atom. The molecule has 4 aromatic rings. The summed E-state index contributed by atoms with van der Waals surface area (Å²) in [6.07, 6.45) is -4.91. The molecule has 2 aromatic carbocycles. The summed E-state index contributed by atoms with van der Waals surface area (Å²) in [5, 5.41) is 14.2. The zero-order valence-electron chi connectivity index (χ0n) is 19.7. The van der Waals surface area contributed by atoms with Gasteiger partial charge in [-0.05, 0) is 59.4 Å². The van der Waals surface area contributed by atoms with Crippen molar-refractivity contribution < 1.29 is 46.1 Å². The molecule has 1 aliphatic rings. The molecule has 0 radical (unpaired) electrons. The van der Waals surface area contributed by atoms with Gasteiger partial charge in [0.05, 0.1) is 16.6 Å². The number of aliphatic carboxylic acids is 2. The number of halogens is 6. The highest BCUT2D eigenvalue weighted by molar-refractivity contribution is 5.82. The summed E-state index contributed by atoms with van der Waals surface area (Å²) in [7, 11) is 0. The van der Waals surface area contributed by atoms with Crippen molar-refractivity contribution >= 4 is 23.0 Å². The maximum Gasteiger partial charge on any atom is 0.490 e. The van der Waals surface area contributed by atoms with Crippen LogP contribution in [0, 0.1) is 0 Å². The van der Waals surface area contributed by atoms with E-state index in [0.29, 0.717) is 0 Å². The molecule has 14 heteroatoms. The van der Waals surface area contributed by atoms with E-state index in [-0.39, 0.29) is 0 Å². The van der Waals surface area contributed by atoms with E-state index < -0.39 is 29.8 Å². The average molecular weight is 554 g/mol. The summed E-state index contributed by atoms with van der Waals surface area (Å²) in [4.78, 5) is 30.1. The number of aromatic amines is 1. The summed E-state index contributed by atoms with van der Waals surface area (Å²) in [6, 6.07) is 18.8. The first-order valence-corrected chi connectivity index (χ1v) is 11.0. The second kappa shape index (κ2) is 11.1. The Morgan fingerprint density at radius 2 is 1.31 bits per heavy atom. The number of aromatic nitrogens is 3. The third-order valence-electron chi connectivity index (χ3n) is 5.58. The van der Waals surface area contributed by atoms with Crippen LogP contribution in [-0.4, -0.2) is 49.5 Å². The lowest BCUT2D eigenvalue weighted by atomic mass is 9.96. The van der Waals surface area contributed by atoms with Crippen molar-refractivity contribution in [2.75, 3.05) is 0 Å². The lowest BCUT2D eigenvalue weighted by molar-refractivity contribution is -0.193. The predicted octanol–water partition coefficient (Wildman–Crippen LogP) is 4.84. The van der Waals surface area contributed by atoms with Gasteiger partial charge in [-0.25, -0.2) is 14.6 Å². The SMILES string of the molecule is NC1(c2nc3ccc(-c4ccncc4)cc3[nH]2)Cc2ccccc2C1.O=C(O)C(F)(F)F.O=C(O)C(F)(F)F. The van der Waals surface area contributed by atoms with Crippen LogP contribution in [0.3, 0.4) is 0 Å². The van der Waals surface area contributed by atoms with Crippen molar-refractivity contribution in [3.05, 3.63) is 83.9 Å². The van der Waals surface area contributed by atoms with E-state index in [1.54, 1.807) is 0 Å². The van der Waals surface area contributed by atoms with Gasteiger partial charge in [0.25, 0.3) is 0 Å². The first kappa shape index (κ1) is 29.1. The molecule has 0 saturated carbocycles. The molecule has 0 bridgehead atoms. The number of fused-ring (bicyclic) bond motifs is 2. The monoisotopic (exact) mass is 554 g/mol. The molecule has 0 spiro atoms. The number of nitrogens with zero attached hydrogens (tertiary/aromatic N) is 2. The molecule has 39 heavy (non-hydrogen) atoms. The van der Waals surface area contributed by atoms with Crippen LogP contribution in [0.2, 0.25) is 0 Å². The summed E-state index contributed by atoms with van der Waals surface area (Å²) < 4.78 is 63.5. The number of carboxylic acid groups (broad SMARTS) is 2. The number of imidazole rings is 1. The molecular formula is C25H20F6N4O4. The Labute approximate surface area is 216 Å². The van der Waals surface area contributed by atoms with E-state index in [2.05, 4.69) is 52.4 Å². The number of alkyl halides is 6. The minimum Gasteiger partial charge on any atom is -0.475 e. The third-order valence-corrected chi connectivity index (χ3v) is 5.58. The molecule has 8 nitrogen and oxygen atoms in total. The lowest BCUT2D eigenvalue weighted by Crippen LogP contribution is -2.38. The quantitative estimate of drug-likeness (QED) is 0.260. The summed E-state index contributed by atoms with van der Waals surface area (Å²) in [5.74, 6) is -4.65. The summed E-state index contributed by atoms with van der Waals surface area (Å²) in [5.41, 5.74) is 13.2. The Morgan fingerprint density at radius 3 is 1.77 bits per heavy atom. The molecule has 5 N–H and O–H groups in total. The first-order valence-electron chi connectivity index (χ1n) is 11.0. The van der Waals surface area contributed by atoms with Gasteiger partial charge in [-0.1, -0.05) is 30.3 Å². The predicted molar refractivity (Wildman–Crippen MR) is 126 cm³/mol. The van der Waals surface area contributed by atoms with Crippen molar-refractivity contribution in [3.8, 4) is 11.1 Å². The third kappa shape index (κ3) is 7.31. The van der Waals surface area contributed by atoms with Crippen molar-refractivity contribution in [1.82, 2.24) is 15.0 Å². The Hall–Kier alpha value is -4.46. The van der Waals surface area contributed by atoms with Gasteiger partial charge in [-0.15, -0.1) is 0 Å². The largest absolute Gasteiger partial charge is 0.490 e. The van der Waals surface area contributed by atoms with Gasteiger partial charge in [0.15, 0.2) is 0 Å². The summed E-state index contributed by atoms with van der Waals surface area (Å²) in [6.45, 7) is 0. The highest BCUT2D eigenvalue weighted by Crippen LogP contribution is 2.35. The van der Waals surface area contributed by atoms with E-state index >= 15 is 0 Å². The minimum atomic E-state index is -5.08. The van der Waals surface area contributed by atoms with Crippen molar-refractivity contribution in [2.45, 2.75) is 30.7 Å². The number of benzene rings is 2. The fourth-order valence-electron chi connectivity index (χ4n) is 3.78. The Balaban J connectivity index is 0.000000251. The second-order valence-corrected chi connectivity index (χ2v) is 8.44. The maximum atomic E-state index is 10.6. The van der Waals surface area contributed by atoms with Crippen LogP contribution in [0.1, 0.15) is 17.0 Å². The Bertz CT molecular complexity index is 1420. The number of H-pyrrole nitrogens is 1. The van der Waals surface area contributed by atoms with E-state index in [0.717, 1.165) is 40.8 Å². The zero-order chi connectivity index (χ0) is 29.0. The molecule has 0 atom stereocenters. The smallest absolute Gasteiger partial charge is 0.475 e. The van der Waals surface area contributed by atoms with Crippen LogP contribution in [0.4, 0.5) is 26.3 Å². The van der Waals surface area contributed by atoms with Gasteiger partial charge >= 0.3 is 24.3 Å². The summed E-state index contributed by atoms with van der Waals surface area (Å²) >= 11 is 0. The fraction of sp³-hybridized carbons (Fsp3) is 0.200. The van der Waals surface area contributed by atoms with Gasteiger partial charge in [-0.2, -0.15) is 26.3 Å². The molecule has 5 rings (SSSR count). The molecule has 0 saturated heterocycles. The molecule has 206 valence electrons. The zero-order valence-corrected chi connectivity index (χ0v) is 19.7. The Kier molecular flexibility index (Phi) is 8.29. The van der Waals surface area contributed by atoms with Crippen LogP contribution >= 0.6 is 0 Å². The number of pyridine rings is 1. The van der Waals surface area contributed by atoms with E-state index in [4.69, 9.17) is 30.5 Å². The van der Waals surface area contributed by atoms with Gasteiger partial charge in [0.2, 0.25) is 0 Å². The van der Waals surface area contributed by atoms with Crippen molar-refractivity contribution in [3.63, 3.8) is 0 Å². The van der Waals surface area contributed by atoms with Crippen LogP contribution in [0.25, 0.3) is 22.2 Å². The number of nitrogens with one attached hydrogen (secondary N) is 1. The van der Waals surface area contributed by atoms with E-state index in [9.17, 15) is 26.3 Å². The number of carbonyl (C=O) groups is 2. The molecule has 0 aliphatic heterocycles. The lowest BCUT2D eigenvalue weighted by Gasteiger charge is -2.20. The molecule has 0 fully saturated rings. The van der Waals surface area contributed by atoms with Crippen molar-refractivity contribution in [1.29, 1.82) is 0 Å². The number of hydrogen-bond acceptors (Lipinski definition) is 5.